The van der Waals surface area contributed by atoms with Gasteiger partial charge in [-0.15, -0.1) is 0 Å². The van der Waals surface area contributed by atoms with Crippen molar-refractivity contribution in [3.05, 3.63) is 33.9 Å². The molecule has 0 spiro atoms. The molecule has 1 saturated carbocycles. The Hall–Kier alpha value is -2.15. The van der Waals surface area contributed by atoms with Crippen molar-refractivity contribution in [2.45, 2.75) is 38.3 Å². The summed E-state index contributed by atoms with van der Waals surface area (Å²) >= 11 is 0. The van der Waals surface area contributed by atoms with Crippen LogP contribution in [0.15, 0.2) is 18.2 Å². The van der Waals surface area contributed by atoms with Crippen molar-refractivity contribution in [1.82, 2.24) is 5.32 Å². The Morgan fingerprint density at radius 3 is 2.67 bits per heavy atom. The predicted molar refractivity (Wildman–Crippen MR) is 78.4 cm³/mol. The lowest BCUT2D eigenvalue weighted by molar-refractivity contribution is -0.384. The number of amides is 1. The van der Waals surface area contributed by atoms with Crippen molar-refractivity contribution in [3.63, 3.8) is 0 Å². The number of nitro groups is 1. The van der Waals surface area contributed by atoms with Gasteiger partial charge in [0.25, 0.3) is 11.6 Å². The Balaban J connectivity index is 2.22. The number of nitrogens with one attached hydrogen (secondary N) is 2. The molecule has 0 atom stereocenters. The lowest BCUT2D eigenvalue weighted by atomic mass is 10.1. The summed E-state index contributed by atoms with van der Waals surface area (Å²) in [5.74, 6) is -0.449. The van der Waals surface area contributed by atoms with Gasteiger partial charge in [0, 0.05) is 17.7 Å². The van der Waals surface area contributed by atoms with Crippen LogP contribution in [-0.2, 0) is 0 Å². The molecule has 3 N–H and O–H groups in total. The van der Waals surface area contributed by atoms with E-state index < -0.39 is 16.4 Å². The molecule has 1 aromatic carbocycles. The molecule has 7 heteroatoms. The topological polar surface area (TPSA) is 104 Å². The first-order valence-corrected chi connectivity index (χ1v) is 6.81. The molecule has 114 valence electrons. The molecule has 1 amide bonds. The number of hydrogen-bond donors (Lipinski definition) is 3. The lowest BCUT2D eigenvalue weighted by Gasteiger charge is -2.23. The molecule has 1 aliphatic rings. The molecular formula is C14H19N3O4. The summed E-state index contributed by atoms with van der Waals surface area (Å²) in [5, 5.41) is 26.0. The summed E-state index contributed by atoms with van der Waals surface area (Å²) in [6.45, 7) is 3.12. The maximum Gasteiger partial charge on any atom is 0.293 e. The van der Waals surface area contributed by atoms with E-state index in [0.717, 1.165) is 12.8 Å². The molecule has 7 nitrogen and oxygen atoms in total. The van der Waals surface area contributed by atoms with Crippen LogP contribution in [0.3, 0.4) is 0 Å². The molecule has 1 aliphatic carbocycles. The monoisotopic (exact) mass is 293 g/mol. The van der Waals surface area contributed by atoms with Gasteiger partial charge in [-0.1, -0.05) is 0 Å². The number of carbonyl (C=O) groups is 1. The summed E-state index contributed by atoms with van der Waals surface area (Å²) in [5.41, 5.74) is -0.266. The van der Waals surface area contributed by atoms with Crippen LogP contribution < -0.4 is 10.6 Å². The lowest BCUT2D eigenvalue weighted by Crippen LogP contribution is -2.46. The van der Waals surface area contributed by atoms with E-state index in [4.69, 9.17) is 5.11 Å². The smallest absolute Gasteiger partial charge is 0.293 e. The normalized spacial score (nSPS) is 14.6. The Kier molecular flexibility index (Phi) is 4.13. The molecule has 0 aliphatic heterocycles. The zero-order valence-corrected chi connectivity index (χ0v) is 12.0. The fourth-order valence-corrected chi connectivity index (χ4v) is 1.81. The summed E-state index contributed by atoms with van der Waals surface area (Å²) < 4.78 is 0. The standard InChI is InChI=1S/C14H19N3O4/c1-14(2,8-18)16-13(19)9-3-6-11(15-10-4-5-10)12(7-9)17(20)21/h3,6-7,10,15,18H,4-5,8H2,1-2H3,(H,16,19). The molecule has 1 aromatic rings. The van der Waals surface area contributed by atoms with Crippen molar-refractivity contribution in [2.24, 2.45) is 0 Å². The van der Waals surface area contributed by atoms with E-state index in [1.54, 1.807) is 26.0 Å². The molecule has 0 unspecified atom stereocenters. The van der Waals surface area contributed by atoms with Gasteiger partial charge < -0.3 is 15.7 Å². The molecule has 1 fully saturated rings. The second-order valence-electron chi connectivity index (χ2n) is 5.90. The van der Waals surface area contributed by atoms with Crippen LogP contribution >= 0.6 is 0 Å². The van der Waals surface area contributed by atoms with Crippen molar-refractivity contribution in [2.75, 3.05) is 11.9 Å². The van der Waals surface area contributed by atoms with Gasteiger partial charge in [-0.2, -0.15) is 0 Å². The van der Waals surface area contributed by atoms with Gasteiger partial charge in [0.1, 0.15) is 5.69 Å². The van der Waals surface area contributed by atoms with Crippen LogP contribution in [0.5, 0.6) is 0 Å². The number of carbonyl (C=O) groups excluding carboxylic acids is 1. The minimum Gasteiger partial charge on any atom is -0.394 e. The minimum absolute atomic E-state index is 0.114. The van der Waals surface area contributed by atoms with E-state index in [1.165, 1.54) is 6.07 Å². The van der Waals surface area contributed by atoms with Crippen molar-refractivity contribution in [3.8, 4) is 0 Å². The van der Waals surface area contributed by atoms with Gasteiger partial charge in [-0.25, -0.2) is 0 Å². The average molecular weight is 293 g/mol. The number of nitrogens with zero attached hydrogens (tertiary/aromatic N) is 1. The van der Waals surface area contributed by atoms with Crippen molar-refractivity contribution < 1.29 is 14.8 Å². The maximum absolute atomic E-state index is 12.1. The second-order valence-corrected chi connectivity index (χ2v) is 5.90. The average Bonchev–Trinajstić information content (AvgIpc) is 3.22. The summed E-state index contributed by atoms with van der Waals surface area (Å²) in [6.07, 6.45) is 2.01. The Morgan fingerprint density at radius 2 is 2.14 bits per heavy atom. The van der Waals surface area contributed by atoms with E-state index in [9.17, 15) is 14.9 Å². The number of hydrogen-bond acceptors (Lipinski definition) is 5. The molecule has 21 heavy (non-hydrogen) atoms. The largest absolute Gasteiger partial charge is 0.394 e. The number of aliphatic hydroxyl groups is 1. The van der Waals surface area contributed by atoms with Crippen LogP contribution in [0, 0.1) is 10.1 Å². The highest BCUT2D eigenvalue weighted by Gasteiger charge is 2.26. The van der Waals surface area contributed by atoms with Crippen LogP contribution in [0.2, 0.25) is 0 Å². The highest BCUT2D eigenvalue weighted by molar-refractivity contribution is 5.96. The Morgan fingerprint density at radius 1 is 1.48 bits per heavy atom. The molecule has 0 heterocycles. The zero-order chi connectivity index (χ0) is 15.6. The van der Waals surface area contributed by atoms with Crippen LogP contribution in [-0.4, -0.2) is 34.1 Å². The Bertz CT molecular complexity index is 567. The van der Waals surface area contributed by atoms with Crippen LogP contribution in [0.25, 0.3) is 0 Å². The third-order valence-electron chi connectivity index (χ3n) is 3.24. The van der Waals surface area contributed by atoms with E-state index >= 15 is 0 Å². The van der Waals surface area contributed by atoms with E-state index in [2.05, 4.69) is 10.6 Å². The quantitative estimate of drug-likeness (QED) is 0.546. The van der Waals surface area contributed by atoms with Crippen LogP contribution in [0.4, 0.5) is 11.4 Å². The maximum atomic E-state index is 12.1. The Labute approximate surface area is 122 Å². The van der Waals surface area contributed by atoms with Crippen molar-refractivity contribution in [1.29, 1.82) is 0 Å². The third kappa shape index (κ3) is 3.91. The fraction of sp³-hybridized carbons (Fsp3) is 0.500. The van der Waals surface area contributed by atoms with Gasteiger partial charge >= 0.3 is 0 Å². The van der Waals surface area contributed by atoms with Crippen LogP contribution in [0.1, 0.15) is 37.0 Å². The van der Waals surface area contributed by atoms with E-state index in [0.29, 0.717) is 5.69 Å². The van der Waals surface area contributed by atoms with E-state index in [1.807, 2.05) is 0 Å². The first-order chi connectivity index (χ1) is 9.82. The first kappa shape index (κ1) is 15.2. The number of nitro benzene ring substituents is 1. The summed E-state index contributed by atoms with van der Waals surface area (Å²) in [4.78, 5) is 22.7. The molecule has 0 bridgehead atoms. The van der Waals surface area contributed by atoms with Gasteiger partial charge in [0.2, 0.25) is 0 Å². The first-order valence-electron chi connectivity index (χ1n) is 6.81. The molecule has 0 radical (unpaired) electrons. The number of benzene rings is 1. The van der Waals surface area contributed by atoms with E-state index in [-0.39, 0.29) is 23.9 Å². The molecular weight excluding hydrogens is 274 g/mol. The van der Waals surface area contributed by atoms with Crippen molar-refractivity contribution >= 4 is 17.3 Å². The highest BCUT2D eigenvalue weighted by atomic mass is 16.6. The number of rotatable bonds is 6. The summed E-state index contributed by atoms with van der Waals surface area (Å²) in [7, 11) is 0. The minimum atomic E-state index is -0.781. The van der Waals surface area contributed by atoms with Gasteiger partial charge in [0.15, 0.2) is 0 Å². The molecule has 2 rings (SSSR count). The molecule has 0 saturated heterocycles. The molecule has 0 aromatic heterocycles. The second kappa shape index (κ2) is 5.69. The third-order valence-corrected chi connectivity index (χ3v) is 3.24. The summed E-state index contributed by atoms with van der Waals surface area (Å²) in [6, 6.07) is 4.64. The number of anilines is 1. The zero-order valence-electron chi connectivity index (χ0n) is 12.0. The SMILES string of the molecule is CC(C)(CO)NC(=O)c1ccc(NC2CC2)c([N+](=O)[O-])c1. The predicted octanol–water partition coefficient (Wildman–Crippen LogP) is 1.67. The number of aliphatic hydroxyl groups excluding tert-OH is 1. The van der Waals surface area contributed by atoms with Gasteiger partial charge in [-0.3, -0.25) is 14.9 Å². The van der Waals surface area contributed by atoms with Gasteiger partial charge in [0.05, 0.1) is 17.1 Å². The van der Waals surface area contributed by atoms with Gasteiger partial charge in [-0.05, 0) is 38.8 Å². The highest BCUT2D eigenvalue weighted by Crippen LogP contribution is 2.31. The fourth-order valence-electron chi connectivity index (χ4n) is 1.81.